The molecule has 0 bridgehead atoms. The molecule has 0 aliphatic rings. The van der Waals surface area contributed by atoms with Gasteiger partial charge in [0.2, 0.25) is 0 Å². The number of benzene rings is 1. The van der Waals surface area contributed by atoms with Gasteiger partial charge < -0.3 is 20.3 Å². The molecule has 1 amide bonds. The third-order valence-electron chi connectivity index (χ3n) is 3.12. The molecule has 9 nitrogen and oxygen atoms in total. The first-order valence-corrected chi connectivity index (χ1v) is 7.61. The van der Waals surface area contributed by atoms with Crippen LogP contribution in [-0.4, -0.2) is 45.8 Å². The molecular formula is C16H22N2O7. The van der Waals surface area contributed by atoms with Crippen molar-refractivity contribution >= 4 is 18.1 Å². The molecule has 0 fully saturated rings. The summed E-state index contributed by atoms with van der Waals surface area (Å²) in [5.74, 6) is 0. The average Bonchev–Trinajstić information content (AvgIpc) is 2.51. The molecule has 3 N–H and O–H groups in total. The monoisotopic (exact) mass is 354 g/mol. The molecule has 0 spiro atoms. The van der Waals surface area contributed by atoms with Crippen molar-refractivity contribution < 1.29 is 29.5 Å². The van der Waals surface area contributed by atoms with Crippen molar-refractivity contribution in [2.75, 3.05) is 6.54 Å². The first-order valence-electron chi connectivity index (χ1n) is 7.61. The zero-order chi connectivity index (χ0) is 19.2. The smallest absolute Gasteiger partial charge is 0.407 e. The lowest BCUT2D eigenvalue weighted by Gasteiger charge is -2.21. The number of aliphatic hydroxyl groups is 2. The van der Waals surface area contributed by atoms with Gasteiger partial charge in [0.15, 0.2) is 0 Å². The number of nitro benzene ring substituents is 1. The molecule has 0 heterocycles. The number of carbonyl (C=O) groups is 2. The van der Waals surface area contributed by atoms with Gasteiger partial charge in [-0.15, -0.1) is 0 Å². The molecule has 0 aromatic heterocycles. The minimum absolute atomic E-state index is 0.0144. The van der Waals surface area contributed by atoms with Gasteiger partial charge in [-0.2, -0.15) is 0 Å². The van der Waals surface area contributed by atoms with Crippen molar-refractivity contribution in [1.82, 2.24) is 5.32 Å². The topological polar surface area (TPSA) is 139 Å². The minimum atomic E-state index is -1.45. The van der Waals surface area contributed by atoms with E-state index in [9.17, 15) is 29.9 Å². The van der Waals surface area contributed by atoms with Gasteiger partial charge in [-0.05, 0) is 38.8 Å². The van der Waals surface area contributed by atoms with Crippen molar-refractivity contribution in [2.45, 2.75) is 45.0 Å². The highest BCUT2D eigenvalue weighted by molar-refractivity contribution is 5.76. The van der Waals surface area contributed by atoms with Gasteiger partial charge in [-0.25, -0.2) is 4.79 Å². The number of nitrogens with one attached hydrogen (secondary N) is 1. The molecule has 2 atom stereocenters. The van der Waals surface area contributed by atoms with E-state index in [-0.39, 0.29) is 29.8 Å². The number of aliphatic hydroxyl groups excluding tert-OH is 2. The number of alkyl carbamates (subject to hydrolysis) is 1. The van der Waals surface area contributed by atoms with Crippen LogP contribution in [0.25, 0.3) is 0 Å². The molecular weight excluding hydrogens is 332 g/mol. The fraction of sp³-hybridized carbons (Fsp3) is 0.500. The third-order valence-corrected chi connectivity index (χ3v) is 3.12. The van der Waals surface area contributed by atoms with Gasteiger partial charge in [-0.3, -0.25) is 14.9 Å². The van der Waals surface area contributed by atoms with E-state index >= 15 is 0 Å². The number of hydrogen-bond donors (Lipinski definition) is 3. The van der Waals surface area contributed by atoms with Crippen molar-refractivity contribution in [3.8, 4) is 0 Å². The number of aldehydes is 1. The second-order valence-electron chi connectivity index (χ2n) is 6.46. The van der Waals surface area contributed by atoms with Gasteiger partial charge in [0, 0.05) is 24.2 Å². The van der Waals surface area contributed by atoms with Crippen molar-refractivity contribution in [3.05, 3.63) is 39.4 Å². The maximum absolute atomic E-state index is 11.5. The quantitative estimate of drug-likeness (QED) is 0.385. The average molecular weight is 354 g/mol. The zero-order valence-electron chi connectivity index (χ0n) is 14.3. The Kier molecular flexibility index (Phi) is 7.01. The Morgan fingerprint density at radius 3 is 2.52 bits per heavy atom. The Morgan fingerprint density at radius 2 is 2.00 bits per heavy atom. The Bertz CT molecular complexity index is 640. The fourth-order valence-electron chi connectivity index (χ4n) is 2.02. The zero-order valence-corrected chi connectivity index (χ0v) is 14.3. The van der Waals surface area contributed by atoms with E-state index in [1.165, 1.54) is 6.07 Å². The lowest BCUT2D eigenvalue weighted by molar-refractivity contribution is -0.385. The van der Waals surface area contributed by atoms with Gasteiger partial charge >= 0.3 is 6.09 Å². The number of nitrogens with zero attached hydrogens (tertiary/aromatic N) is 1. The summed E-state index contributed by atoms with van der Waals surface area (Å²) < 4.78 is 5.03. The van der Waals surface area contributed by atoms with Crippen molar-refractivity contribution in [1.29, 1.82) is 0 Å². The molecule has 0 aliphatic carbocycles. The maximum Gasteiger partial charge on any atom is 0.407 e. The van der Waals surface area contributed by atoms with Gasteiger partial charge in [0.1, 0.15) is 18.0 Å². The SMILES string of the molecule is CC(C)(C)OC(=O)NCCC(O)C(O)c1cc(C=O)cc([N+](=O)[O-])c1. The maximum atomic E-state index is 11.5. The van der Waals surface area contributed by atoms with Crippen LogP contribution in [0.3, 0.4) is 0 Å². The normalized spacial score (nSPS) is 13.6. The molecule has 2 unspecified atom stereocenters. The third kappa shape index (κ3) is 6.86. The van der Waals surface area contributed by atoms with E-state index in [0.717, 1.165) is 12.1 Å². The molecule has 1 aromatic rings. The highest BCUT2D eigenvalue weighted by Crippen LogP contribution is 2.24. The Balaban J connectivity index is 2.68. The molecule has 9 heteroatoms. The van der Waals surface area contributed by atoms with Gasteiger partial charge in [-0.1, -0.05) is 0 Å². The second-order valence-corrected chi connectivity index (χ2v) is 6.46. The number of hydrogen-bond acceptors (Lipinski definition) is 7. The Labute approximate surface area is 144 Å². The molecule has 25 heavy (non-hydrogen) atoms. The van der Waals surface area contributed by atoms with Crippen LogP contribution < -0.4 is 5.32 Å². The molecule has 0 radical (unpaired) electrons. The Hall–Kier alpha value is -2.52. The highest BCUT2D eigenvalue weighted by atomic mass is 16.6. The van der Waals surface area contributed by atoms with E-state index in [0.29, 0.717) is 6.29 Å². The van der Waals surface area contributed by atoms with Crippen molar-refractivity contribution in [2.24, 2.45) is 0 Å². The molecule has 0 aliphatic heterocycles. The lowest BCUT2D eigenvalue weighted by atomic mass is 9.99. The van der Waals surface area contributed by atoms with Gasteiger partial charge in [0.05, 0.1) is 11.0 Å². The summed E-state index contributed by atoms with van der Waals surface area (Å²) in [5, 5.41) is 33.4. The summed E-state index contributed by atoms with van der Waals surface area (Å²) in [6.07, 6.45) is -3.00. The van der Waals surface area contributed by atoms with E-state index in [4.69, 9.17) is 4.74 Å². The Morgan fingerprint density at radius 1 is 1.36 bits per heavy atom. The highest BCUT2D eigenvalue weighted by Gasteiger charge is 2.22. The van der Waals surface area contributed by atoms with Crippen LogP contribution in [0.2, 0.25) is 0 Å². The molecule has 1 aromatic carbocycles. The van der Waals surface area contributed by atoms with E-state index in [1.807, 2.05) is 0 Å². The molecule has 0 saturated heterocycles. The molecule has 138 valence electrons. The largest absolute Gasteiger partial charge is 0.444 e. The van der Waals surface area contributed by atoms with Gasteiger partial charge in [0.25, 0.3) is 5.69 Å². The van der Waals surface area contributed by atoms with Crippen LogP contribution in [0.4, 0.5) is 10.5 Å². The summed E-state index contributed by atoms with van der Waals surface area (Å²) in [4.78, 5) is 32.5. The first kappa shape index (κ1) is 20.5. The molecule has 0 saturated carbocycles. The van der Waals surface area contributed by atoms with Crippen molar-refractivity contribution in [3.63, 3.8) is 0 Å². The van der Waals surface area contributed by atoms with Crippen LogP contribution in [0.5, 0.6) is 0 Å². The number of non-ortho nitro benzene ring substituents is 1. The van der Waals surface area contributed by atoms with E-state index < -0.39 is 28.8 Å². The van der Waals surface area contributed by atoms with Crippen LogP contribution in [0.1, 0.15) is 49.2 Å². The minimum Gasteiger partial charge on any atom is -0.444 e. The summed E-state index contributed by atoms with van der Waals surface area (Å²) in [7, 11) is 0. The molecule has 1 rings (SSSR count). The summed E-state index contributed by atoms with van der Waals surface area (Å²) in [5.41, 5.74) is -0.961. The van der Waals surface area contributed by atoms with Crippen LogP contribution in [-0.2, 0) is 4.74 Å². The predicted molar refractivity (Wildman–Crippen MR) is 88.3 cm³/mol. The number of ether oxygens (including phenoxy) is 1. The number of nitro groups is 1. The van der Waals surface area contributed by atoms with Crippen LogP contribution in [0.15, 0.2) is 18.2 Å². The second kappa shape index (κ2) is 8.54. The lowest BCUT2D eigenvalue weighted by Crippen LogP contribution is -2.34. The number of rotatable bonds is 7. The fourth-order valence-corrected chi connectivity index (χ4v) is 2.02. The summed E-state index contributed by atoms with van der Waals surface area (Å²) in [6, 6.07) is 3.41. The van der Waals surface area contributed by atoms with Crippen LogP contribution in [0, 0.1) is 10.1 Å². The summed E-state index contributed by atoms with van der Waals surface area (Å²) >= 11 is 0. The van der Waals surface area contributed by atoms with E-state index in [2.05, 4.69) is 5.32 Å². The number of amides is 1. The predicted octanol–water partition coefficient (Wildman–Crippen LogP) is 1.72. The number of carbonyl (C=O) groups excluding carboxylic acids is 2. The summed E-state index contributed by atoms with van der Waals surface area (Å²) in [6.45, 7) is 5.15. The standard InChI is InChI=1S/C16H22N2O7/c1-16(2,3)25-15(22)17-5-4-13(20)14(21)11-6-10(9-19)7-12(8-11)18(23)24/h6-9,13-14,20-21H,4-5H2,1-3H3,(H,17,22). The van der Waals surface area contributed by atoms with E-state index in [1.54, 1.807) is 20.8 Å². The van der Waals surface area contributed by atoms with Crippen LogP contribution >= 0.6 is 0 Å². The first-order chi connectivity index (χ1) is 11.5.